The fourth-order valence-corrected chi connectivity index (χ4v) is 2.16. The molecule has 0 fully saturated rings. The largest absolute Gasteiger partial charge is 0.356 e. The van der Waals surface area contributed by atoms with Gasteiger partial charge in [-0.1, -0.05) is 19.9 Å². The zero-order valence-corrected chi connectivity index (χ0v) is 13.3. The molecule has 0 unspecified atom stereocenters. The number of nitrogens with zero attached hydrogens (tertiary/aromatic N) is 3. The van der Waals surface area contributed by atoms with E-state index in [0.29, 0.717) is 5.92 Å². The van der Waals surface area contributed by atoms with Crippen molar-refractivity contribution in [2.24, 2.45) is 10.9 Å². The summed E-state index contributed by atoms with van der Waals surface area (Å²) in [5.74, 6) is 1.45. The number of hydrogen-bond donors (Lipinski definition) is 2. The van der Waals surface area contributed by atoms with E-state index in [2.05, 4.69) is 58.0 Å². The minimum Gasteiger partial charge on any atom is -0.356 e. The first-order chi connectivity index (χ1) is 10.1. The molecule has 0 bridgehead atoms. The summed E-state index contributed by atoms with van der Waals surface area (Å²) in [6.45, 7) is 8.19. The Bertz CT molecular complexity index is 612. The number of hydrogen-bond acceptors (Lipinski definition) is 2. The van der Waals surface area contributed by atoms with E-state index in [9.17, 15) is 0 Å². The van der Waals surface area contributed by atoms with E-state index in [4.69, 9.17) is 0 Å². The molecular weight excluding hydrogens is 262 g/mol. The molecule has 0 saturated heterocycles. The van der Waals surface area contributed by atoms with Crippen molar-refractivity contribution in [3.63, 3.8) is 0 Å². The van der Waals surface area contributed by atoms with E-state index >= 15 is 0 Å². The van der Waals surface area contributed by atoms with Gasteiger partial charge in [-0.05, 0) is 24.5 Å². The zero-order valence-electron chi connectivity index (χ0n) is 13.3. The van der Waals surface area contributed by atoms with Crippen LogP contribution in [0.2, 0.25) is 0 Å². The molecule has 0 aromatic carbocycles. The van der Waals surface area contributed by atoms with Crippen LogP contribution in [-0.4, -0.2) is 35.5 Å². The van der Waals surface area contributed by atoms with Gasteiger partial charge in [0, 0.05) is 39.0 Å². The fraction of sp³-hybridized carbons (Fsp3) is 0.500. The van der Waals surface area contributed by atoms with Crippen LogP contribution < -0.4 is 10.6 Å². The molecule has 5 nitrogen and oxygen atoms in total. The molecule has 0 radical (unpaired) electrons. The first-order valence-electron chi connectivity index (χ1n) is 7.48. The van der Waals surface area contributed by atoms with Gasteiger partial charge in [-0.2, -0.15) is 0 Å². The molecule has 0 atom stereocenters. The van der Waals surface area contributed by atoms with Gasteiger partial charge in [0.25, 0.3) is 0 Å². The lowest BCUT2D eigenvalue weighted by Gasteiger charge is -2.12. The highest BCUT2D eigenvalue weighted by Gasteiger charge is 2.04. The van der Waals surface area contributed by atoms with Gasteiger partial charge in [0.15, 0.2) is 5.96 Å². The Morgan fingerprint density at radius 3 is 2.86 bits per heavy atom. The number of nitrogens with one attached hydrogen (secondary N) is 2. The van der Waals surface area contributed by atoms with Crippen molar-refractivity contribution in [1.29, 1.82) is 0 Å². The molecular formula is C16H25N5. The molecule has 2 aromatic heterocycles. The van der Waals surface area contributed by atoms with Gasteiger partial charge in [-0.3, -0.25) is 4.99 Å². The summed E-state index contributed by atoms with van der Waals surface area (Å²) >= 11 is 0. The van der Waals surface area contributed by atoms with Gasteiger partial charge in [0.1, 0.15) is 5.65 Å². The summed E-state index contributed by atoms with van der Waals surface area (Å²) in [5, 5.41) is 6.63. The van der Waals surface area contributed by atoms with Crippen molar-refractivity contribution in [3.05, 3.63) is 35.8 Å². The topological polar surface area (TPSA) is 53.7 Å². The quantitative estimate of drug-likeness (QED) is 0.653. The number of imidazole rings is 1. The lowest BCUT2D eigenvalue weighted by Crippen LogP contribution is -2.39. The number of pyridine rings is 1. The molecule has 2 heterocycles. The normalized spacial score (nSPS) is 12.1. The Morgan fingerprint density at radius 2 is 2.19 bits per heavy atom. The van der Waals surface area contributed by atoms with E-state index in [-0.39, 0.29) is 0 Å². The van der Waals surface area contributed by atoms with Gasteiger partial charge >= 0.3 is 0 Å². The maximum atomic E-state index is 4.67. The van der Waals surface area contributed by atoms with Crippen LogP contribution in [0.15, 0.2) is 29.5 Å². The average Bonchev–Trinajstić information content (AvgIpc) is 2.87. The van der Waals surface area contributed by atoms with Crippen LogP contribution in [0.25, 0.3) is 5.65 Å². The van der Waals surface area contributed by atoms with Crippen molar-refractivity contribution in [3.8, 4) is 0 Å². The Morgan fingerprint density at radius 1 is 1.38 bits per heavy atom. The zero-order chi connectivity index (χ0) is 15.2. The summed E-state index contributed by atoms with van der Waals surface area (Å²) in [6, 6.07) is 4.13. The summed E-state index contributed by atoms with van der Waals surface area (Å²) < 4.78 is 2.08. The van der Waals surface area contributed by atoms with Crippen molar-refractivity contribution in [1.82, 2.24) is 20.0 Å². The van der Waals surface area contributed by atoms with E-state index in [1.165, 1.54) is 5.56 Å². The number of guanidine groups is 1. The van der Waals surface area contributed by atoms with E-state index < -0.39 is 0 Å². The summed E-state index contributed by atoms with van der Waals surface area (Å²) in [6.07, 6.45) is 5.01. The SMILES string of the molecule is CN=C(NCCc1cn2cccc(C)c2n1)NCC(C)C. The Labute approximate surface area is 126 Å². The molecule has 21 heavy (non-hydrogen) atoms. The number of aryl methyl sites for hydroxylation is 1. The minimum absolute atomic E-state index is 0.602. The van der Waals surface area contributed by atoms with Crippen LogP contribution in [0.4, 0.5) is 0 Å². The van der Waals surface area contributed by atoms with Crippen LogP contribution in [0.5, 0.6) is 0 Å². The van der Waals surface area contributed by atoms with Crippen molar-refractivity contribution in [2.45, 2.75) is 27.2 Å². The molecule has 5 heteroatoms. The van der Waals surface area contributed by atoms with Crippen LogP contribution in [-0.2, 0) is 6.42 Å². The third-order valence-electron chi connectivity index (χ3n) is 3.30. The van der Waals surface area contributed by atoms with Crippen LogP contribution in [0, 0.1) is 12.8 Å². The number of aromatic nitrogens is 2. The molecule has 2 N–H and O–H groups in total. The number of aliphatic imine (C=N–C) groups is 1. The monoisotopic (exact) mass is 287 g/mol. The standard InChI is InChI=1S/C16H25N5/c1-12(2)10-19-16(17-4)18-8-7-14-11-21-9-5-6-13(3)15(21)20-14/h5-6,9,11-12H,7-8,10H2,1-4H3,(H2,17,18,19). The second-order valence-electron chi connectivity index (χ2n) is 5.68. The van der Waals surface area contributed by atoms with Gasteiger partial charge in [0.05, 0.1) is 5.69 Å². The van der Waals surface area contributed by atoms with Crippen molar-refractivity contribution < 1.29 is 0 Å². The Kier molecular flexibility index (Phi) is 5.20. The predicted molar refractivity (Wildman–Crippen MR) is 87.8 cm³/mol. The van der Waals surface area contributed by atoms with Crippen molar-refractivity contribution >= 4 is 11.6 Å². The first-order valence-corrected chi connectivity index (χ1v) is 7.48. The van der Waals surface area contributed by atoms with Crippen LogP contribution in [0.3, 0.4) is 0 Å². The Hall–Kier alpha value is -2.04. The molecule has 0 aliphatic rings. The first kappa shape index (κ1) is 15.4. The molecule has 0 aliphatic heterocycles. The third kappa shape index (κ3) is 4.21. The molecule has 2 rings (SSSR count). The number of rotatable bonds is 5. The van der Waals surface area contributed by atoms with Gasteiger partial charge in [0.2, 0.25) is 0 Å². The lowest BCUT2D eigenvalue weighted by molar-refractivity contribution is 0.614. The van der Waals surface area contributed by atoms with E-state index in [0.717, 1.165) is 36.8 Å². The maximum Gasteiger partial charge on any atom is 0.190 e. The van der Waals surface area contributed by atoms with Crippen LogP contribution >= 0.6 is 0 Å². The summed E-state index contributed by atoms with van der Waals surface area (Å²) in [4.78, 5) is 8.89. The highest BCUT2D eigenvalue weighted by atomic mass is 15.2. The van der Waals surface area contributed by atoms with Gasteiger partial charge < -0.3 is 15.0 Å². The summed E-state index contributed by atoms with van der Waals surface area (Å²) in [5.41, 5.74) is 3.33. The fourth-order valence-electron chi connectivity index (χ4n) is 2.16. The van der Waals surface area contributed by atoms with Gasteiger partial charge in [-0.25, -0.2) is 4.98 Å². The molecule has 0 amide bonds. The van der Waals surface area contributed by atoms with E-state index in [1.807, 2.05) is 12.3 Å². The van der Waals surface area contributed by atoms with E-state index in [1.54, 1.807) is 7.05 Å². The maximum absolute atomic E-state index is 4.67. The third-order valence-corrected chi connectivity index (χ3v) is 3.30. The summed E-state index contributed by atoms with van der Waals surface area (Å²) in [7, 11) is 1.80. The minimum atomic E-state index is 0.602. The average molecular weight is 287 g/mol. The highest BCUT2D eigenvalue weighted by molar-refractivity contribution is 5.79. The molecule has 0 aliphatic carbocycles. The smallest absolute Gasteiger partial charge is 0.190 e. The second-order valence-corrected chi connectivity index (χ2v) is 5.68. The Balaban J connectivity index is 1.88. The molecule has 0 spiro atoms. The second kappa shape index (κ2) is 7.11. The highest BCUT2D eigenvalue weighted by Crippen LogP contribution is 2.09. The number of fused-ring (bicyclic) bond motifs is 1. The van der Waals surface area contributed by atoms with Gasteiger partial charge in [-0.15, -0.1) is 0 Å². The predicted octanol–water partition coefficient (Wildman–Crippen LogP) is 2.01. The molecule has 2 aromatic rings. The van der Waals surface area contributed by atoms with Crippen LogP contribution in [0.1, 0.15) is 25.1 Å². The molecule has 114 valence electrons. The lowest BCUT2D eigenvalue weighted by atomic mass is 10.2. The van der Waals surface area contributed by atoms with Crippen molar-refractivity contribution in [2.75, 3.05) is 20.1 Å². The molecule has 0 saturated carbocycles.